The third kappa shape index (κ3) is 3.59. The summed E-state index contributed by atoms with van der Waals surface area (Å²) >= 11 is 1.68. The molecule has 1 saturated carbocycles. The van der Waals surface area contributed by atoms with Crippen LogP contribution in [0.5, 0.6) is 0 Å². The van der Waals surface area contributed by atoms with Crippen molar-refractivity contribution < 1.29 is 0 Å². The molecule has 8 heteroatoms. The molecule has 0 aromatic carbocycles. The molecule has 6 aromatic heterocycles. The van der Waals surface area contributed by atoms with Crippen LogP contribution in [-0.4, -0.2) is 30.1 Å². The third-order valence-corrected chi connectivity index (χ3v) is 7.13. The van der Waals surface area contributed by atoms with Crippen LogP contribution < -0.4 is 5.32 Å². The molecule has 3 N–H and O–H groups in total. The second kappa shape index (κ2) is 7.89. The number of pyridine rings is 3. The Morgan fingerprint density at radius 2 is 1.91 bits per heavy atom. The number of aromatic amines is 2. The Labute approximate surface area is 205 Å². The zero-order valence-electron chi connectivity index (χ0n) is 18.7. The number of hydrogen-bond donors (Lipinski definition) is 3. The summed E-state index contributed by atoms with van der Waals surface area (Å²) < 4.78 is 0. The van der Waals surface area contributed by atoms with Gasteiger partial charge in [0.2, 0.25) is 0 Å². The van der Waals surface area contributed by atoms with Gasteiger partial charge in [-0.05, 0) is 65.4 Å². The van der Waals surface area contributed by atoms with Gasteiger partial charge in [-0.2, -0.15) is 16.4 Å². The summed E-state index contributed by atoms with van der Waals surface area (Å²) in [6, 6.07) is 10.3. The molecule has 6 aromatic rings. The van der Waals surface area contributed by atoms with E-state index in [2.05, 4.69) is 66.0 Å². The fourth-order valence-corrected chi connectivity index (χ4v) is 5.10. The highest BCUT2D eigenvalue weighted by Crippen LogP contribution is 2.37. The Morgan fingerprint density at radius 3 is 2.77 bits per heavy atom. The predicted octanol–water partition coefficient (Wildman–Crippen LogP) is 6.63. The number of H-pyrrole nitrogens is 2. The van der Waals surface area contributed by atoms with E-state index in [1.165, 1.54) is 12.8 Å². The minimum absolute atomic E-state index is 0.577. The van der Waals surface area contributed by atoms with E-state index in [1.54, 1.807) is 11.3 Å². The molecule has 0 amide bonds. The van der Waals surface area contributed by atoms with Crippen LogP contribution in [0.3, 0.4) is 0 Å². The molecule has 0 spiro atoms. The molecular formula is C27H21N7S. The standard InChI is InChI=1S/C27H21N7S/c1-15(16-2-3-16)30-19-8-18(10-28-11-19)22-4-5-23-26(32-22)27(34-33-23)24-9-20-21(17-6-7-35-14-17)12-29-13-25(20)31-24/h4-14,16,30-31H,1-3H2,(H,33,34). The van der Waals surface area contributed by atoms with Crippen molar-refractivity contribution in [2.24, 2.45) is 5.92 Å². The zero-order valence-corrected chi connectivity index (χ0v) is 19.6. The number of allylic oxidation sites excluding steroid dienone is 1. The SMILES string of the molecule is C=C(Nc1cncc(-c2ccc3[nH]nc(-c4cc5c(-c6ccsc6)cncc5[nH]4)c3n2)c1)C1CC1. The second-order valence-electron chi connectivity index (χ2n) is 8.90. The number of hydrogen-bond acceptors (Lipinski definition) is 6. The van der Waals surface area contributed by atoms with E-state index in [0.29, 0.717) is 5.92 Å². The molecule has 170 valence electrons. The van der Waals surface area contributed by atoms with Gasteiger partial charge in [0.05, 0.1) is 40.5 Å². The van der Waals surface area contributed by atoms with E-state index >= 15 is 0 Å². The van der Waals surface area contributed by atoms with E-state index in [9.17, 15) is 0 Å². The minimum Gasteiger partial charge on any atom is -0.358 e. The first-order chi connectivity index (χ1) is 17.2. The molecule has 0 atom stereocenters. The number of rotatable bonds is 6. The lowest BCUT2D eigenvalue weighted by Gasteiger charge is -2.09. The van der Waals surface area contributed by atoms with Gasteiger partial charge < -0.3 is 10.3 Å². The smallest absolute Gasteiger partial charge is 0.135 e. The highest BCUT2D eigenvalue weighted by atomic mass is 32.1. The maximum Gasteiger partial charge on any atom is 0.135 e. The fourth-order valence-electron chi connectivity index (χ4n) is 4.44. The summed E-state index contributed by atoms with van der Waals surface area (Å²) in [5.74, 6) is 0.577. The van der Waals surface area contributed by atoms with Crippen LogP contribution in [0.2, 0.25) is 0 Å². The normalized spacial score (nSPS) is 13.5. The molecule has 35 heavy (non-hydrogen) atoms. The summed E-state index contributed by atoms with van der Waals surface area (Å²) in [7, 11) is 0. The monoisotopic (exact) mass is 475 g/mol. The van der Waals surface area contributed by atoms with Crippen molar-refractivity contribution in [1.82, 2.24) is 30.1 Å². The van der Waals surface area contributed by atoms with Crippen molar-refractivity contribution >= 4 is 39.0 Å². The van der Waals surface area contributed by atoms with Gasteiger partial charge in [-0.15, -0.1) is 0 Å². The van der Waals surface area contributed by atoms with E-state index in [-0.39, 0.29) is 0 Å². The first-order valence-electron chi connectivity index (χ1n) is 11.5. The summed E-state index contributed by atoms with van der Waals surface area (Å²) in [6.45, 7) is 4.16. The Morgan fingerprint density at radius 1 is 1.00 bits per heavy atom. The van der Waals surface area contributed by atoms with Crippen molar-refractivity contribution in [1.29, 1.82) is 0 Å². The number of nitrogens with zero attached hydrogens (tertiary/aromatic N) is 4. The van der Waals surface area contributed by atoms with Crippen LogP contribution in [0.1, 0.15) is 12.8 Å². The van der Waals surface area contributed by atoms with Crippen molar-refractivity contribution in [3.8, 4) is 33.8 Å². The molecule has 0 aliphatic heterocycles. The van der Waals surface area contributed by atoms with E-state index in [4.69, 9.17) is 4.98 Å². The van der Waals surface area contributed by atoms with Gasteiger partial charge in [-0.1, -0.05) is 6.58 Å². The Hall–Kier alpha value is -4.30. The lowest BCUT2D eigenvalue weighted by Crippen LogP contribution is -2.00. The first-order valence-corrected chi connectivity index (χ1v) is 12.4. The third-order valence-electron chi connectivity index (χ3n) is 6.45. The molecule has 7 nitrogen and oxygen atoms in total. The Balaban J connectivity index is 1.29. The zero-order chi connectivity index (χ0) is 23.4. The van der Waals surface area contributed by atoms with Gasteiger partial charge in [-0.3, -0.25) is 15.1 Å². The van der Waals surface area contributed by atoms with E-state index in [1.807, 2.05) is 36.9 Å². The molecule has 7 rings (SSSR count). The van der Waals surface area contributed by atoms with Crippen LogP contribution >= 0.6 is 11.3 Å². The number of fused-ring (bicyclic) bond motifs is 2. The quantitative estimate of drug-likeness (QED) is 0.251. The molecule has 6 heterocycles. The van der Waals surface area contributed by atoms with Crippen LogP contribution in [0.4, 0.5) is 5.69 Å². The summed E-state index contributed by atoms with van der Waals surface area (Å²) in [4.78, 5) is 17.3. The molecule has 0 unspecified atom stereocenters. The average molecular weight is 476 g/mol. The largest absolute Gasteiger partial charge is 0.358 e. The molecule has 0 bridgehead atoms. The van der Waals surface area contributed by atoms with Crippen molar-refractivity contribution in [3.63, 3.8) is 0 Å². The lowest BCUT2D eigenvalue weighted by molar-refractivity contribution is 1.02. The van der Waals surface area contributed by atoms with Crippen LogP contribution in [0.25, 0.3) is 55.7 Å². The minimum atomic E-state index is 0.577. The first kappa shape index (κ1) is 20.1. The van der Waals surface area contributed by atoms with Crippen LogP contribution in [0, 0.1) is 5.92 Å². The van der Waals surface area contributed by atoms with Gasteiger partial charge in [0.1, 0.15) is 11.2 Å². The topological polar surface area (TPSA) is 95.2 Å². The number of aromatic nitrogens is 6. The van der Waals surface area contributed by atoms with Gasteiger partial charge in [-0.25, -0.2) is 4.98 Å². The molecule has 1 aliphatic rings. The number of thiophene rings is 1. The highest BCUT2D eigenvalue weighted by Gasteiger charge is 2.24. The van der Waals surface area contributed by atoms with Crippen molar-refractivity contribution in [2.45, 2.75) is 12.8 Å². The molecule has 1 aliphatic carbocycles. The molecule has 1 fully saturated rings. The maximum atomic E-state index is 4.97. The van der Waals surface area contributed by atoms with Crippen molar-refractivity contribution in [3.05, 3.63) is 78.2 Å². The molecule has 0 saturated heterocycles. The Kier molecular flexibility index (Phi) is 4.53. The highest BCUT2D eigenvalue weighted by molar-refractivity contribution is 7.08. The van der Waals surface area contributed by atoms with Crippen LogP contribution in [-0.2, 0) is 0 Å². The van der Waals surface area contributed by atoms with Gasteiger partial charge >= 0.3 is 0 Å². The molecule has 0 radical (unpaired) electrons. The number of nitrogens with one attached hydrogen (secondary N) is 3. The molecular weight excluding hydrogens is 454 g/mol. The van der Waals surface area contributed by atoms with Gasteiger partial charge in [0, 0.05) is 34.6 Å². The maximum absolute atomic E-state index is 4.97. The van der Waals surface area contributed by atoms with E-state index < -0.39 is 0 Å². The number of anilines is 1. The van der Waals surface area contributed by atoms with Gasteiger partial charge in [0.25, 0.3) is 0 Å². The van der Waals surface area contributed by atoms with E-state index in [0.717, 1.165) is 67.1 Å². The second-order valence-corrected chi connectivity index (χ2v) is 9.68. The summed E-state index contributed by atoms with van der Waals surface area (Å²) in [5.41, 5.74) is 10.3. The Bertz CT molecular complexity index is 1710. The summed E-state index contributed by atoms with van der Waals surface area (Å²) in [5, 5.41) is 16.4. The predicted molar refractivity (Wildman–Crippen MR) is 141 cm³/mol. The van der Waals surface area contributed by atoms with Gasteiger partial charge in [0.15, 0.2) is 0 Å². The lowest BCUT2D eigenvalue weighted by atomic mass is 10.1. The van der Waals surface area contributed by atoms with Crippen LogP contribution in [0.15, 0.2) is 78.2 Å². The van der Waals surface area contributed by atoms with Crippen molar-refractivity contribution in [2.75, 3.05) is 5.32 Å². The summed E-state index contributed by atoms with van der Waals surface area (Å²) in [6.07, 6.45) is 9.83. The average Bonchev–Trinajstić information content (AvgIpc) is 3.26. The fraction of sp³-hybridized carbons (Fsp3) is 0.111.